The van der Waals surface area contributed by atoms with Crippen LogP contribution in [0.15, 0.2) is 48.5 Å². The highest BCUT2D eigenvalue weighted by Gasteiger charge is 2.25. The Balaban J connectivity index is 1.96. The van der Waals surface area contributed by atoms with Crippen LogP contribution in [0.4, 0.5) is 4.79 Å². The van der Waals surface area contributed by atoms with Gasteiger partial charge < -0.3 is 15.3 Å². The van der Waals surface area contributed by atoms with Crippen molar-refractivity contribution in [1.29, 1.82) is 0 Å². The number of carboxylic acids is 1. The molecule has 0 fully saturated rings. The molecule has 2 amide bonds. The number of aliphatic carboxylic acids is 1. The molecule has 28 heavy (non-hydrogen) atoms. The van der Waals surface area contributed by atoms with Gasteiger partial charge in [-0.2, -0.15) is 0 Å². The van der Waals surface area contributed by atoms with E-state index in [1.54, 1.807) is 13.1 Å². The van der Waals surface area contributed by atoms with E-state index in [2.05, 4.69) is 5.32 Å². The highest BCUT2D eigenvalue weighted by molar-refractivity contribution is 6.39. The van der Waals surface area contributed by atoms with Crippen molar-refractivity contribution in [3.63, 3.8) is 0 Å². The molecule has 0 aliphatic rings. The van der Waals surface area contributed by atoms with Crippen LogP contribution in [0.25, 0.3) is 0 Å². The predicted molar refractivity (Wildman–Crippen MR) is 108 cm³/mol. The van der Waals surface area contributed by atoms with E-state index in [-0.39, 0.29) is 28.6 Å². The summed E-state index contributed by atoms with van der Waals surface area (Å²) in [6, 6.07) is 13.6. The summed E-state index contributed by atoms with van der Waals surface area (Å²) in [5, 5.41) is 12.3. The fourth-order valence-electron chi connectivity index (χ4n) is 2.61. The molecule has 0 aromatic heterocycles. The van der Waals surface area contributed by atoms with Gasteiger partial charge in [-0.15, -0.1) is 0 Å². The van der Waals surface area contributed by atoms with E-state index in [0.29, 0.717) is 6.54 Å². The van der Waals surface area contributed by atoms with Gasteiger partial charge in [0.1, 0.15) is 0 Å². The van der Waals surface area contributed by atoms with Crippen LogP contribution in [0.1, 0.15) is 22.3 Å². The number of benzene rings is 2. The Morgan fingerprint density at radius 2 is 1.64 bits per heavy atom. The third kappa shape index (κ3) is 5.97. The van der Waals surface area contributed by atoms with E-state index in [4.69, 9.17) is 23.2 Å². The fraction of sp³-hybridized carbons (Fsp3) is 0.250. The number of urea groups is 1. The highest BCUT2D eigenvalue weighted by Crippen LogP contribution is 2.26. The molecular weight excluding hydrogens is 403 g/mol. The summed E-state index contributed by atoms with van der Waals surface area (Å²) < 4.78 is 0. The monoisotopic (exact) mass is 422 g/mol. The SMILES string of the molecule is CN(Cc1ccccc1)C(=O)NCC(CC(=O)c1c(Cl)cccc1Cl)C(=O)O. The lowest BCUT2D eigenvalue weighted by Gasteiger charge is -2.20. The summed E-state index contributed by atoms with van der Waals surface area (Å²) >= 11 is 12.0. The van der Waals surface area contributed by atoms with E-state index in [1.165, 1.54) is 17.0 Å². The second-order valence-electron chi connectivity index (χ2n) is 6.29. The van der Waals surface area contributed by atoms with Crippen molar-refractivity contribution in [2.45, 2.75) is 13.0 Å². The van der Waals surface area contributed by atoms with Gasteiger partial charge >= 0.3 is 12.0 Å². The van der Waals surface area contributed by atoms with Gasteiger partial charge in [0.15, 0.2) is 5.78 Å². The Morgan fingerprint density at radius 3 is 2.21 bits per heavy atom. The third-order valence-corrected chi connectivity index (χ3v) is 4.76. The maximum absolute atomic E-state index is 12.5. The summed E-state index contributed by atoms with van der Waals surface area (Å²) in [6.45, 7) is 0.180. The number of nitrogens with zero attached hydrogens (tertiary/aromatic N) is 1. The van der Waals surface area contributed by atoms with Gasteiger partial charge in [0.25, 0.3) is 0 Å². The van der Waals surface area contributed by atoms with Crippen molar-refractivity contribution in [2.24, 2.45) is 5.92 Å². The molecule has 0 saturated heterocycles. The maximum Gasteiger partial charge on any atom is 0.317 e. The number of Topliss-reactive ketones (excluding diaryl/α,β-unsaturated/α-hetero) is 1. The first kappa shape index (κ1) is 21.7. The number of rotatable bonds is 8. The normalized spacial score (nSPS) is 11.5. The summed E-state index contributed by atoms with van der Waals surface area (Å²) in [7, 11) is 1.60. The molecule has 8 heteroatoms. The van der Waals surface area contributed by atoms with E-state index >= 15 is 0 Å². The lowest BCUT2D eigenvalue weighted by Crippen LogP contribution is -2.41. The topological polar surface area (TPSA) is 86.7 Å². The quantitative estimate of drug-likeness (QED) is 0.626. The van der Waals surface area contributed by atoms with E-state index in [0.717, 1.165) is 5.56 Å². The molecule has 0 heterocycles. The molecule has 2 aromatic rings. The Bertz CT molecular complexity index is 838. The molecule has 6 nitrogen and oxygen atoms in total. The van der Waals surface area contributed by atoms with E-state index < -0.39 is 23.7 Å². The number of amides is 2. The molecule has 0 radical (unpaired) electrons. The number of nitrogens with one attached hydrogen (secondary N) is 1. The average molecular weight is 423 g/mol. The minimum Gasteiger partial charge on any atom is -0.481 e. The van der Waals surface area contributed by atoms with Crippen LogP contribution in [0.2, 0.25) is 10.0 Å². The predicted octanol–water partition coefficient (Wildman–Crippen LogP) is 4.11. The van der Waals surface area contributed by atoms with Crippen LogP contribution in [0.3, 0.4) is 0 Å². The van der Waals surface area contributed by atoms with Crippen molar-refractivity contribution in [3.05, 3.63) is 69.7 Å². The van der Waals surface area contributed by atoms with Crippen LogP contribution >= 0.6 is 23.2 Å². The average Bonchev–Trinajstić information content (AvgIpc) is 2.65. The van der Waals surface area contributed by atoms with E-state index in [9.17, 15) is 19.5 Å². The number of carboxylic acid groups (broad SMARTS) is 1. The molecule has 2 aromatic carbocycles. The second kappa shape index (κ2) is 10.1. The van der Waals surface area contributed by atoms with Gasteiger partial charge in [-0.1, -0.05) is 59.6 Å². The molecule has 0 aliphatic heterocycles. The van der Waals surface area contributed by atoms with Gasteiger partial charge in [0.05, 0.1) is 21.5 Å². The molecule has 0 bridgehead atoms. The van der Waals surface area contributed by atoms with Crippen molar-refractivity contribution in [2.75, 3.05) is 13.6 Å². The van der Waals surface area contributed by atoms with Gasteiger partial charge in [-0.05, 0) is 17.7 Å². The molecule has 2 rings (SSSR count). The van der Waals surface area contributed by atoms with Crippen molar-refractivity contribution in [3.8, 4) is 0 Å². The van der Waals surface area contributed by atoms with Crippen LogP contribution in [-0.4, -0.2) is 41.4 Å². The zero-order chi connectivity index (χ0) is 20.7. The first-order valence-corrected chi connectivity index (χ1v) is 9.28. The molecule has 0 spiro atoms. The molecule has 2 N–H and O–H groups in total. The van der Waals surface area contributed by atoms with Crippen LogP contribution in [-0.2, 0) is 11.3 Å². The fourth-order valence-corrected chi connectivity index (χ4v) is 3.22. The molecule has 1 unspecified atom stereocenters. The van der Waals surface area contributed by atoms with Gasteiger partial charge in [0.2, 0.25) is 0 Å². The summed E-state index contributed by atoms with van der Waals surface area (Å²) in [5.74, 6) is -2.79. The number of ketones is 1. The third-order valence-electron chi connectivity index (χ3n) is 4.13. The summed E-state index contributed by atoms with van der Waals surface area (Å²) in [6.07, 6.45) is -0.332. The van der Waals surface area contributed by atoms with Gasteiger partial charge in [-0.3, -0.25) is 9.59 Å². The zero-order valence-electron chi connectivity index (χ0n) is 15.2. The summed E-state index contributed by atoms with van der Waals surface area (Å²) in [4.78, 5) is 37.7. The molecule has 0 aliphatic carbocycles. The first-order valence-electron chi connectivity index (χ1n) is 8.52. The lowest BCUT2D eigenvalue weighted by molar-refractivity contribution is -0.141. The number of hydrogen-bond acceptors (Lipinski definition) is 3. The highest BCUT2D eigenvalue weighted by atomic mass is 35.5. The first-order chi connectivity index (χ1) is 13.3. The number of carbonyl (C=O) groups is 3. The molecular formula is C20H20Cl2N2O4. The molecule has 1 atom stereocenters. The summed E-state index contributed by atoms with van der Waals surface area (Å²) in [5.41, 5.74) is 1.03. The standard InChI is InChI=1S/C20H20Cl2N2O4/c1-24(12-13-6-3-2-4-7-13)20(28)23-11-14(19(26)27)10-17(25)18-15(21)8-5-9-16(18)22/h2-9,14H,10-12H2,1H3,(H,23,28)(H,26,27). The second-order valence-corrected chi connectivity index (χ2v) is 7.10. The molecule has 148 valence electrons. The van der Waals surface area contributed by atoms with Crippen LogP contribution in [0.5, 0.6) is 0 Å². The zero-order valence-corrected chi connectivity index (χ0v) is 16.7. The minimum absolute atomic E-state index is 0.0876. The largest absolute Gasteiger partial charge is 0.481 e. The van der Waals surface area contributed by atoms with Crippen molar-refractivity contribution >= 4 is 41.0 Å². The Labute approximate surface area is 173 Å². The van der Waals surface area contributed by atoms with Crippen molar-refractivity contribution in [1.82, 2.24) is 10.2 Å². The van der Waals surface area contributed by atoms with Crippen LogP contribution < -0.4 is 5.32 Å². The Morgan fingerprint density at radius 1 is 1.04 bits per heavy atom. The van der Waals surface area contributed by atoms with Gasteiger partial charge in [-0.25, -0.2) is 4.79 Å². The Kier molecular flexibility index (Phi) is 7.84. The van der Waals surface area contributed by atoms with Crippen LogP contribution in [0, 0.1) is 5.92 Å². The maximum atomic E-state index is 12.5. The lowest BCUT2D eigenvalue weighted by atomic mass is 9.98. The Hall–Kier alpha value is -2.57. The van der Waals surface area contributed by atoms with Crippen molar-refractivity contribution < 1.29 is 19.5 Å². The number of hydrogen-bond donors (Lipinski definition) is 2. The molecule has 0 saturated carbocycles. The number of halogens is 2. The number of carbonyl (C=O) groups excluding carboxylic acids is 2. The van der Waals surface area contributed by atoms with Gasteiger partial charge in [0, 0.05) is 26.6 Å². The minimum atomic E-state index is -1.19. The van der Waals surface area contributed by atoms with E-state index in [1.807, 2.05) is 30.3 Å². The smallest absolute Gasteiger partial charge is 0.317 e.